The van der Waals surface area contributed by atoms with Gasteiger partial charge in [-0.25, -0.2) is 0 Å². The second-order valence-corrected chi connectivity index (χ2v) is 7.26. The Balaban J connectivity index is 0.00000225. The summed E-state index contributed by atoms with van der Waals surface area (Å²) in [5, 5.41) is 0. The monoisotopic (exact) mass is 425 g/mol. The van der Waals surface area contributed by atoms with Crippen LogP contribution in [-0.2, 0) is 47.2 Å². The maximum Gasteiger partial charge on any atom is 0.192 e. The van der Waals surface area contributed by atoms with Crippen molar-refractivity contribution in [3.8, 4) is 0 Å². The summed E-state index contributed by atoms with van der Waals surface area (Å²) in [6.45, 7) is 0. The van der Waals surface area contributed by atoms with Gasteiger partial charge < -0.3 is 4.52 Å². The van der Waals surface area contributed by atoms with Crippen molar-refractivity contribution in [1.29, 1.82) is 0 Å². The van der Waals surface area contributed by atoms with Gasteiger partial charge in [0.15, 0.2) is 8.03 Å². The smallest absolute Gasteiger partial charge is 0.192 e. The molecule has 0 heterocycles. The molecule has 0 aromatic heterocycles. The molecule has 1 radical (unpaired) electrons. The fourth-order valence-corrected chi connectivity index (χ4v) is 4.45. The molecular weight excluding hydrogens is 404 g/mol. The van der Waals surface area contributed by atoms with Gasteiger partial charge in [0.05, 0.1) is 5.41 Å². The van der Waals surface area contributed by atoms with Crippen LogP contribution in [0.25, 0.3) is 0 Å². The van der Waals surface area contributed by atoms with E-state index in [-0.39, 0.29) is 32.7 Å². The van der Waals surface area contributed by atoms with Crippen LogP contribution >= 0.6 is 8.03 Å². The van der Waals surface area contributed by atoms with Crippen molar-refractivity contribution in [1.82, 2.24) is 0 Å². The van der Waals surface area contributed by atoms with Gasteiger partial charge in [-0.1, -0.05) is 91.0 Å². The van der Waals surface area contributed by atoms with Crippen LogP contribution in [0.4, 0.5) is 0 Å². The largest absolute Gasteiger partial charge is 0.334 e. The molecule has 0 aliphatic rings. The first-order valence-electron chi connectivity index (χ1n) is 8.01. The first-order valence-corrected chi connectivity index (χ1v) is 9.53. The zero-order valence-corrected chi connectivity index (χ0v) is 18.1. The van der Waals surface area contributed by atoms with Crippen molar-refractivity contribution >= 4 is 8.03 Å². The van der Waals surface area contributed by atoms with Gasteiger partial charge in [0.25, 0.3) is 0 Å². The van der Waals surface area contributed by atoms with Gasteiger partial charge >= 0.3 is 0 Å². The molecule has 1 unspecified atom stereocenters. The molecule has 0 aliphatic heterocycles. The Morgan fingerprint density at radius 1 is 0.720 bits per heavy atom. The van der Waals surface area contributed by atoms with E-state index in [1.165, 1.54) is 7.11 Å². The summed E-state index contributed by atoms with van der Waals surface area (Å²) in [5.74, 6) is 0. The van der Waals surface area contributed by atoms with Crippen molar-refractivity contribution < 1.29 is 41.8 Å². The molecule has 0 saturated carbocycles. The van der Waals surface area contributed by atoms with E-state index >= 15 is 0 Å². The Hall–Kier alpha value is -1.05. The third-order valence-corrected chi connectivity index (χ3v) is 5.71. The van der Waals surface area contributed by atoms with Gasteiger partial charge in [-0.3, -0.25) is 4.57 Å². The molecule has 0 aliphatic carbocycles. The zero-order chi connectivity index (χ0) is 16.8. The maximum absolute atomic E-state index is 12.5. The molecule has 3 aromatic carbocycles. The summed E-state index contributed by atoms with van der Waals surface area (Å²) in [4.78, 5) is 0. The van der Waals surface area contributed by atoms with Crippen LogP contribution in [0.3, 0.4) is 0 Å². The van der Waals surface area contributed by atoms with Crippen LogP contribution in [0, 0.1) is 0 Å². The molecule has 125 valence electrons. The molecule has 0 fully saturated rings. The molecule has 0 N–H and O–H groups in total. The molecule has 3 rings (SSSR count). The Kier molecular flexibility index (Phi) is 7.78. The standard InChI is InChI=1S/C21H21O2P.Y/c1-23-24(22)17-21(18-11-5-2-6-12-18,19-13-7-3-8-14-19)20-15-9-4-10-16-20;/h2-16,24H,17H2,1H3;. The third kappa shape index (κ3) is 4.38. The quantitative estimate of drug-likeness (QED) is 0.404. The van der Waals surface area contributed by atoms with Gasteiger partial charge in [0.2, 0.25) is 0 Å². The molecule has 1 atom stereocenters. The summed E-state index contributed by atoms with van der Waals surface area (Å²) < 4.78 is 17.7. The second kappa shape index (κ2) is 9.60. The van der Waals surface area contributed by atoms with Crippen LogP contribution in [0.5, 0.6) is 0 Å². The summed E-state index contributed by atoms with van der Waals surface area (Å²) in [7, 11) is -0.656. The Labute approximate surface area is 175 Å². The summed E-state index contributed by atoms with van der Waals surface area (Å²) in [6, 6.07) is 30.8. The molecule has 2 nitrogen and oxygen atoms in total. The minimum Gasteiger partial charge on any atom is -0.334 e. The molecule has 4 heteroatoms. The molecular formula is C21H21O2PY. The molecule has 0 saturated heterocycles. The van der Waals surface area contributed by atoms with E-state index in [0.717, 1.165) is 16.7 Å². The summed E-state index contributed by atoms with van der Waals surface area (Å²) in [6.07, 6.45) is 0.437. The van der Waals surface area contributed by atoms with Crippen molar-refractivity contribution in [3.63, 3.8) is 0 Å². The van der Waals surface area contributed by atoms with Gasteiger partial charge in [0, 0.05) is 46.0 Å². The van der Waals surface area contributed by atoms with Crippen LogP contribution in [0.15, 0.2) is 91.0 Å². The van der Waals surface area contributed by atoms with Gasteiger partial charge in [0.1, 0.15) is 0 Å². The fraction of sp³-hybridized carbons (Fsp3) is 0.143. The van der Waals surface area contributed by atoms with Crippen molar-refractivity contribution in [2.24, 2.45) is 0 Å². The normalized spacial score (nSPS) is 12.2. The predicted molar refractivity (Wildman–Crippen MR) is 100 cm³/mol. The van der Waals surface area contributed by atoms with Gasteiger partial charge in [-0.15, -0.1) is 0 Å². The van der Waals surface area contributed by atoms with Crippen molar-refractivity contribution in [3.05, 3.63) is 108 Å². The molecule has 0 bridgehead atoms. The number of hydrogen-bond donors (Lipinski definition) is 0. The molecule has 25 heavy (non-hydrogen) atoms. The van der Waals surface area contributed by atoms with E-state index in [2.05, 4.69) is 36.4 Å². The van der Waals surface area contributed by atoms with E-state index in [0.29, 0.717) is 6.16 Å². The van der Waals surface area contributed by atoms with E-state index in [9.17, 15) is 4.57 Å². The van der Waals surface area contributed by atoms with Crippen molar-refractivity contribution in [2.75, 3.05) is 13.3 Å². The van der Waals surface area contributed by atoms with E-state index in [1.807, 2.05) is 54.6 Å². The van der Waals surface area contributed by atoms with Crippen LogP contribution < -0.4 is 0 Å². The Morgan fingerprint density at radius 2 is 1.04 bits per heavy atom. The SMILES string of the molecule is CO[PH](=O)CC(c1ccccc1)(c1ccccc1)c1ccccc1.[Y]. The first kappa shape index (κ1) is 20.3. The van der Waals surface area contributed by atoms with Gasteiger partial charge in [-0.2, -0.15) is 0 Å². The molecule has 3 aromatic rings. The zero-order valence-electron chi connectivity index (χ0n) is 14.3. The third-order valence-electron chi connectivity index (χ3n) is 4.44. The number of rotatable bonds is 6. The number of hydrogen-bond acceptors (Lipinski definition) is 2. The Bertz CT molecular complexity index is 695. The van der Waals surface area contributed by atoms with E-state index in [1.54, 1.807) is 0 Å². The minimum absolute atomic E-state index is 0. The summed E-state index contributed by atoms with van der Waals surface area (Å²) >= 11 is 0. The van der Waals surface area contributed by atoms with Crippen LogP contribution in [0.2, 0.25) is 0 Å². The minimum atomic E-state index is -2.18. The average Bonchev–Trinajstić information content (AvgIpc) is 2.68. The predicted octanol–water partition coefficient (Wildman–Crippen LogP) is 5.14. The van der Waals surface area contributed by atoms with Crippen LogP contribution in [-0.4, -0.2) is 13.3 Å². The van der Waals surface area contributed by atoms with Gasteiger partial charge in [-0.05, 0) is 16.7 Å². The fourth-order valence-electron chi connectivity index (χ4n) is 3.26. The van der Waals surface area contributed by atoms with Crippen LogP contribution in [0.1, 0.15) is 16.7 Å². The number of benzene rings is 3. The summed E-state index contributed by atoms with van der Waals surface area (Å²) in [5.41, 5.74) is 2.88. The Morgan fingerprint density at radius 3 is 1.32 bits per heavy atom. The molecule has 0 amide bonds. The first-order chi connectivity index (χ1) is 11.8. The van der Waals surface area contributed by atoms with E-state index in [4.69, 9.17) is 4.52 Å². The van der Waals surface area contributed by atoms with E-state index < -0.39 is 13.4 Å². The average molecular weight is 425 g/mol. The second-order valence-electron chi connectivity index (χ2n) is 5.76. The topological polar surface area (TPSA) is 26.3 Å². The maximum atomic E-state index is 12.5. The van der Waals surface area contributed by atoms with Crippen molar-refractivity contribution in [2.45, 2.75) is 5.41 Å². The molecule has 0 spiro atoms.